The summed E-state index contributed by atoms with van der Waals surface area (Å²) < 4.78 is 0.770. The quantitative estimate of drug-likeness (QED) is 0.697. The van der Waals surface area contributed by atoms with Crippen molar-refractivity contribution in [2.45, 2.75) is 5.33 Å². The highest BCUT2D eigenvalue weighted by Gasteiger charge is 2.08. The molecule has 0 unspecified atom stereocenters. The van der Waals surface area contributed by atoms with Gasteiger partial charge in [-0.15, -0.1) is 0 Å². The first-order chi connectivity index (χ1) is 9.10. The molecule has 0 aliphatic heterocycles. The number of halogens is 3. The van der Waals surface area contributed by atoms with Crippen molar-refractivity contribution >= 4 is 55.1 Å². The molecule has 0 aliphatic rings. The Bertz CT molecular complexity index is 616. The van der Waals surface area contributed by atoms with Gasteiger partial charge < -0.3 is 5.32 Å². The van der Waals surface area contributed by atoms with Crippen LogP contribution in [0.2, 0.25) is 5.02 Å². The highest BCUT2D eigenvalue weighted by atomic mass is 79.9. The molecule has 2 aromatic carbocycles. The van der Waals surface area contributed by atoms with Crippen LogP contribution in [0.25, 0.3) is 0 Å². The van der Waals surface area contributed by atoms with Gasteiger partial charge >= 0.3 is 0 Å². The zero-order valence-electron chi connectivity index (χ0n) is 9.79. The second-order valence-corrected chi connectivity index (χ2v) is 5.74. The first-order valence-corrected chi connectivity index (χ1v) is 7.80. The Balaban J connectivity index is 2.18. The van der Waals surface area contributed by atoms with Crippen LogP contribution in [0.3, 0.4) is 0 Å². The summed E-state index contributed by atoms with van der Waals surface area (Å²) in [5.74, 6) is -0.180. The summed E-state index contributed by atoms with van der Waals surface area (Å²) in [7, 11) is 0. The summed E-state index contributed by atoms with van der Waals surface area (Å²) in [6, 6.07) is 12.8. The Hall–Kier alpha value is -0.840. The second-order valence-electron chi connectivity index (χ2n) is 3.92. The van der Waals surface area contributed by atoms with Gasteiger partial charge in [0.15, 0.2) is 0 Å². The molecule has 2 rings (SSSR count). The summed E-state index contributed by atoms with van der Waals surface area (Å²) in [5.41, 5.74) is 2.39. The normalized spacial score (nSPS) is 10.3. The van der Waals surface area contributed by atoms with Crippen LogP contribution >= 0.6 is 43.5 Å². The van der Waals surface area contributed by atoms with Crippen LogP contribution in [0.5, 0.6) is 0 Å². The summed E-state index contributed by atoms with van der Waals surface area (Å²) >= 11 is 12.7. The standard InChI is InChI=1S/C14H10Br2ClNO/c15-8-9-2-1-3-11(6-9)18-14(19)10-4-5-12(16)13(17)7-10/h1-7H,8H2,(H,18,19). The van der Waals surface area contributed by atoms with Gasteiger partial charge in [-0.25, -0.2) is 0 Å². The van der Waals surface area contributed by atoms with Gasteiger partial charge in [-0.2, -0.15) is 0 Å². The Kier molecular flexibility index (Phi) is 5.02. The van der Waals surface area contributed by atoms with E-state index in [0.717, 1.165) is 21.1 Å². The minimum atomic E-state index is -0.180. The minimum Gasteiger partial charge on any atom is -0.322 e. The van der Waals surface area contributed by atoms with Crippen LogP contribution in [-0.4, -0.2) is 5.91 Å². The zero-order valence-corrected chi connectivity index (χ0v) is 13.7. The van der Waals surface area contributed by atoms with E-state index >= 15 is 0 Å². The fourth-order valence-corrected chi connectivity index (χ4v) is 2.35. The molecule has 0 saturated heterocycles. The van der Waals surface area contributed by atoms with Gasteiger partial charge in [0.1, 0.15) is 0 Å². The van der Waals surface area contributed by atoms with Crippen LogP contribution in [0.1, 0.15) is 15.9 Å². The van der Waals surface area contributed by atoms with Gasteiger partial charge in [-0.1, -0.05) is 39.7 Å². The molecule has 1 amide bonds. The maximum atomic E-state index is 12.1. The number of rotatable bonds is 3. The van der Waals surface area contributed by atoms with Crippen molar-refractivity contribution in [3.05, 3.63) is 63.1 Å². The predicted molar refractivity (Wildman–Crippen MR) is 86.2 cm³/mol. The highest BCUT2D eigenvalue weighted by Crippen LogP contribution is 2.23. The van der Waals surface area contributed by atoms with Crippen molar-refractivity contribution in [3.8, 4) is 0 Å². The van der Waals surface area contributed by atoms with E-state index in [9.17, 15) is 4.79 Å². The molecule has 5 heteroatoms. The van der Waals surface area contributed by atoms with Crippen LogP contribution in [0.4, 0.5) is 5.69 Å². The van der Waals surface area contributed by atoms with Gasteiger partial charge in [0.2, 0.25) is 0 Å². The highest BCUT2D eigenvalue weighted by molar-refractivity contribution is 9.10. The molecule has 0 heterocycles. The number of amides is 1. The topological polar surface area (TPSA) is 29.1 Å². The van der Waals surface area contributed by atoms with Crippen molar-refractivity contribution in [2.24, 2.45) is 0 Å². The number of anilines is 1. The molecule has 0 aliphatic carbocycles. The molecule has 2 nitrogen and oxygen atoms in total. The summed E-state index contributed by atoms with van der Waals surface area (Å²) in [4.78, 5) is 12.1. The van der Waals surface area contributed by atoms with Gasteiger partial charge in [-0.05, 0) is 51.8 Å². The van der Waals surface area contributed by atoms with Crippen molar-refractivity contribution in [3.63, 3.8) is 0 Å². The van der Waals surface area contributed by atoms with Gasteiger partial charge in [0.25, 0.3) is 5.91 Å². The average molecular weight is 404 g/mol. The van der Waals surface area contributed by atoms with Crippen molar-refractivity contribution in [2.75, 3.05) is 5.32 Å². The molecule has 1 N–H and O–H groups in total. The number of benzene rings is 2. The fraction of sp³-hybridized carbons (Fsp3) is 0.0714. The molecule has 2 aromatic rings. The zero-order chi connectivity index (χ0) is 13.8. The van der Waals surface area contributed by atoms with E-state index in [-0.39, 0.29) is 5.91 Å². The third-order valence-corrected chi connectivity index (χ3v) is 4.40. The molecular formula is C14H10Br2ClNO. The summed E-state index contributed by atoms with van der Waals surface area (Å²) in [6.07, 6.45) is 0. The molecule has 0 bridgehead atoms. The van der Waals surface area contributed by atoms with Crippen LogP contribution in [-0.2, 0) is 5.33 Å². The maximum Gasteiger partial charge on any atom is 0.255 e. The van der Waals surface area contributed by atoms with Gasteiger partial charge in [0, 0.05) is 21.1 Å². The number of carbonyl (C=O) groups excluding carboxylic acids is 1. The lowest BCUT2D eigenvalue weighted by atomic mass is 10.2. The van der Waals surface area contributed by atoms with Gasteiger partial charge in [0.05, 0.1) is 5.02 Å². The van der Waals surface area contributed by atoms with E-state index in [1.807, 2.05) is 24.3 Å². The number of carbonyl (C=O) groups is 1. The average Bonchev–Trinajstić information content (AvgIpc) is 2.42. The predicted octanol–water partition coefficient (Wildman–Crippen LogP) is 5.25. The summed E-state index contributed by atoms with van der Waals surface area (Å²) in [5, 5.41) is 4.11. The third-order valence-electron chi connectivity index (χ3n) is 2.52. The van der Waals surface area contributed by atoms with Crippen LogP contribution in [0.15, 0.2) is 46.9 Å². The first kappa shape index (κ1) is 14.6. The van der Waals surface area contributed by atoms with E-state index in [0.29, 0.717) is 10.6 Å². The van der Waals surface area contributed by atoms with Crippen LogP contribution in [0, 0.1) is 0 Å². The van der Waals surface area contributed by atoms with E-state index in [1.54, 1.807) is 18.2 Å². The fourth-order valence-electron chi connectivity index (χ4n) is 1.57. The lowest BCUT2D eigenvalue weighted by molar-refractivity contribution is 0.102. The largest absolute Gasteiger partial charge is 0.322 e. The maximum absolute atomic E-state index is 12.1. The summed E-state index contributed by atoms with van der Waals surface area (Å²) in [6.45, 7) is 0. The smallest absolute Gasteiger partial charge is 0.255 e. The first-order valence-electron chi connectivity index (χ1n) is 5.51. The molecule has 98 valence electrons. The molecule has 0 aromatic heterocycles. The molecule has 0 radical (unpaired) electrons. The lowest BCUT2D eigenvalue weighted by Crippen LogP contribution is -2.11. The van der Waals surface area contributed by atoms with Crippen molar-refractivity contribution < 1.29 is 4.79 Å². The third kappa shape index (κ3) is 3.81. The van der Waals surface area contributed by atoms with E-state index in [1.165, 1.54) is 0 Å². The van der Waals surface area contributed by atoms with Crippen LogP contribution < -0.4 is 5.32 Å². The van der Waals surface area contributed by atoms with Crippen molar-refractivity contribution in [1.29, 1.82) is 0 Å². The van der Waals surface area contributed by atoms with E-state index in [2.05, 4.69) is 37.2 Å². The Labute approximate surface area is 133 Å². The Morgan fingerprint density at radius 3 is 2.68 bits per heavy atom. The number of hydrogen-bond acceptors (Lipinski definition) is 1. The molecule has 0 atom stereocenters. The lowest BCUT2D eigenvalue weighted by Gasteiger charge is -2.07. The molecule has 0 fully saturated rings. The monoisotopic (exact) mass is 401 g/mol. The number of alkyl halides is 1. The second kappa shape index (κ2) is 6.55. The van der Waals surface area contributed by atoms with E-state index in [4.69, 9.17) is 11.6 Å². The molecule has 19 heavy (non-hydrogen) atoms. The Morgan fingerprint density at radius 2 is 2.00 bits per heavy atom. The van der Waals surface area contributed by atoms with Crippen molar-refractivity contribution in [1.82, 2.24) is 0 Å². The Morgan fingerprint density at radius 1 is 1.21 bits per heavy atom. The van der Waals surface area contributed by atoms with E-state index < -0.39 is 0 Å². The minimum absolute atomic E-state index is 0.180. The molecule has 0 spiro atoms. The number of hydrogen-bond donors (Lipinski definition) is 1. The number of nitrogens with one attached hydrogen (secondary N) is 1. The molecule has 0 saturated carbocycles. The SMILES string of the molecule is O=C(Nc1cccc(CBr)c1)c1ccc(Br)c(Cl)c1. The molecular weight excluding hydrogens is 393 g/mol. The van der Waals surface area contributed by atoms with Gasteiger partial charge in [-0.3, -0.25) is 4.79 Å².